The summed E-state index contributed by atoms with van der Waals surface area (Å²) in [6.45, 7) is 1.22. The summed E-state index contributed by atoms with van der Waals surface area (Å²) in [7, 11) is 4.35. The third-order valence-corrected chi connectivity index (χ3v) is 8.88. The molecular weight excluding hydrogens is 424 g/mol. The van der Waals surface area contributed by atoms with Crippen molar-refractivity contribution in [2.45, 2.75) is 68.0 Å². The summed E-state index contributed by atoms with van der Waals surface area (Å²) < 4.78 is 0. The Kier molecular flexibility index (Phi) is 5.94. The molecule has 2 N–H and O–H groups in total. The molecule has 1 heterocycles. The van der Waals surface area contributed by atoms with E-state index in [0.29, 0.717) is 18.7 Å². The molecule has 0 aromatic heterocycles. The number of hydrogen-bond donors (Lipinski definition) is 2. The molecule has 6 heteroatoms. The van der Waals surface area contributed by atoms with Gasteiger partial charge < -0.3 is 15.1 Å². The Bertz CT molecular complexity index is 1030. The van der Waals surface area contributed by atoms with Crippen molar-refractivity contribution in [1.82, 2.24) is 9.80 Å². The number of aliphatic hydroxyl groups excluding tert-OH is 1. The monoisotopic (exact) mass is 460 g/mol. The minimum atomic E-state index is -0.791. The first kappa shape index (κ1) is 23.3. The molecule has 0 bridgehead atoms. The Hall–Kier alpha value is -2.43. The SMILES string of the molecule is CN(C)[C@]1(c2ccccc2)CC[C@]2(CC1)CN(c1ccc(C#N)cc1)C(O)N2CC1(O)CCC1. The Morgan fingerprint density at radius 1 is 0.971 bits per heavy atom. The number of nitriles is 1. The summed E-state index contributed by atoms with van der Waals surface area (Å²) in [5.41, 5.74) is 1.95. The Balaban J connectivity index is 1.46. The molecule has 0 amide bonds. The lowest BCUT2D eigenvalue weighted by Gasteiger charge is -2.53. The topological polar surface area (TPSA) is 74.0 Å². The molecule has 3 fully saturated rings. The number of anilines is 1. The zero-order chi connectivity index (χ0) is 24.0. The minimum absolute atomic E-state index is 0.0294. The minimum Gasteiger partial charge on any atom is -0.389 e. The number of β-amino-alcohol motifs (C(OH)–C–C–N with tert-alkyl or cyclic N) is 1. The average molecular weight is 461 g/mol. The van der Waals surface area contributed by atoms with E-state index in [0.717, 1.165) is 50.6 Å². The van der Waals surface area contributed by atoms with Gasteiger partial charge in [-0.25, -0.2) is 0 Å². The molecule has 1 unspecified atom stereocenters. The van der Waals surface area contributed by atoms with Gasteiger partial charge in [0.15, 0.2) is 6.35 Å². The van der Waals surface area contributed by atoms with Gasteiger partial charge in [-0.2, -0.15) is 5.26 Å². The zero-order valence-corrected chi connectivity index (χ0v) is 20.3. The van der Waals surface area contributed by atoms with Gasteiger partial charge in [0.1, 0.15) is 0 Å². The van der Waals surface area contributed by atoms with Crippen LogP contribution in [0, 0.1) is 11.3 Å². The van der Waals surface area contributed by atoms with Crippen LogP contribution in [0.1, 0.15) is 56.1 Å². The van der Waals surface area contributed by atoms with Crippen molar-refractivity contribution in [2.75, 3.05) is 32.1 Å². The van der Waals surface area contributed by atoms with Crippen molar-refractivity contribution < 1.29 is 10.2 Å². The first-order valence-corrected chi connectivity index (χ1v) is 12.5. The van der Waals surface area contributed by atoms with E-state index >= 15 is 0 Å². The Morgan fingerprint density at radius 3 is 2.15 bits per heavy atom. The lowest BCUT2D eigenvalue weighted by atomic mass is 9.67. The molecule has 2 aliphatic carbocycles. The van der Waals surface area contributed by atoms with Crippen molar-refractivity contribution in [1.29, 1.82) is 5.26 Å². The highest BCUT2D eigenvalue weighted by Crippen LogP contribution is 2.51. The second kappa shape index (κ2) is 8.66. The van der Waals surface area contributed by atoms with Crippen molar-refractivity contribution in [3.63, 3.8) is 0 Å². The zero-order valence-electron chi connectivity index (χ0n) is 20.3. The number of benzene rings is 2. The lowest BCUT2D eigenvalue weighted by Crippen LogP contribution is -2.60. The third-order valence-electron chi connectivity index (χ3n) is 8.88. The number of aliphatic hydroxyl groups is 2. The fourth-order valence-electron chi connectivity index (χ4n) is 6.48. The fraction of sp³-hybridized carbons (Fsp3) is 0.536. The van der Waals surface area contributed by atoms with Gasteiger partial charge in [0.2, 0.25) is 0 Å². The van der Waals surface area contributed by atoms with E-state index in [1.54, 1.807) is 0 Å². The molecule has 1 atom stereocenters. The molecule has 2 saturated carbocycles. The van der Waals surface area contributed by atoms with Crippen LogP contribution < -0.4 is 4.90 Å². The van der Waals surface area contributed by atoms with Gasteiger partial charge in [0.25, 0.3) is 0 Å². The van der Waals surface area contributed by atoms with E-state index in [1.165, 1.54) is 5.56 Å². The van der Waals surface area contributed by atoms with Gasteiger partial charge in [0, 0.05) is 29.9 Å². The Labute approximate surface area is 203 Å². The lowest BCUT2D eigenvalue weighted by molar-refractivity contribution is -0.124. The van der Waals surface area contributed by atoms with Crippen molar-refractivity contribution in [3.8, 4) is 6.07 Å². The maximum atomic E-state index is 11.6. The highest BCUT2D eigenvalue weighted by atomic mass is 16.3. The van der Waals surface area contributed by atoms with Crippen LogP contribution in [0.4, 0.5) is 5.69 Å². The molecule has 180 valence electrons. The highest BCUT2D eigenvalue weighted by Gasteiger charge is 2.56. The van der Waals surface area contributed by atoms with Crippen LogP contribution in [0.15, 0.2) is 54.6 Å². The molecule has 6 nitrogen and oxygen atoms in total. The molecule has 1 spiro atoms. The van der Waals surface area contributed by atoms with Crippen LogP contribution in [0.3, 0.4) is 0 Å². The molecule has 2 aromatic carbocycles. The van der Waals surface area contributed by atoms with Gasteiger partial charge in [0.05, 0.1) is 17.2 Å². The van der Waals surface area contributed by atoms with E-state index in [4.69, 9.17) is 0 Å². The molecule has 0 radical (unpaired) electrons. The predicted molar refractivity (Wildman–Crippen MR) is 133 cm³/mol. The van der Waals surface area contributed by atoms with Gasteiger partial charge in [-0.1, -0.05) is 30.3 Å². The number of rotatable bonds is 5. The van der Waals surface area contributed by atoms with Crippen LogP contribution in [0.2, 0.25) is 0 Å². The quantitative estimate of drug-likeness (QED) is 0.710. The molecule has 5 rings (SSSR count). The largest absolute Gasteiger partial charge is 0.389 e. The van der Waals surface area contributed by atoms with Crippen LogP contribution in [-0.4, -0.2) is 64.7 Å². The summed E-state index contributed by atoms with van der Waals surface area (Å²) >= 11 is 0. The summed E-state index contributed by atoms with van der Waals surface area (Å²) in [5.74, 6) is 0. The summed E-state index contributed by atoms with van der Waals surface area (Å²) in [4.78, 5) is 6.60. The van der Waals surface area contributed by atoms with E-state index < -0.39 is 12.0 Å². The molecular formula is C28H36N4O2. The van der Waals surface area contributed by atoms with Gasteiger partial charge in [-0.3, -0.25) is 9.80 Å². The van der Waals surface area contributed by atoms with E-state index in [2.05, 4.69) is 60.3 Å². The molecule has 3 aliphatic rings. The van der Waals surface area contributed by atoms with Crippen LogP contribution >= 0.6 is 0 Å². The van der Waals surface area contributed by atoms with E-state index in [1.807, 2.05) is 29.2 Å². The van der Waals surface area contributed by atoms with Crippen molar-refractivity contribution >= 4 is 5.69 Å². The standard InChI is InChI=1S/C28H36N4O2/c1-30(2)28(23-7-4-3-5-8-23)17-15-26(16-18-28)20-31(24-11-9-22(19-29)10-12-24)25(33)32(26)21-27(34)13-6-14-27/h3-5,7-12,25,33-34H,6,13-18,20-21H2,1-2H3/t25?,26-,28+. The maximum absolute atomic E-state index is 11.6. The summed E-state index contributed by atoms with van der Waals surface area (Å²) in [6, 6.07) is 20.4. The summed E-state index contributed by atoms with van der Waals surface area (Å²) in [5, 5.41) is 31.8. The smallest absolute Gasteiger partial charge is 0.187 e. The van der Waals surface area contributed by atoms with Crippen LogP contribution in [0.5, 0.6) is 0 Å². The fourth-order valence-corrected chi connectivity index (χ4v) is 6.48. The van der Waals surface area contributed by atoms with Gasteiger partial charge >= 0.3 is 0 Å². The molecule has 1 saturated heterocycles. The van der Waals surface area contributed by atoms with E-state index in [9.17, 15) is 15.5 Å². The second-order valence-corrected chi connectivity index (χ2v) is 10.9. The number of hydrogen-bond acceptors (Lipinski definition) is 6. The van der Waals surface area contributed by atoms with Crippen molar-refractivity contribution in [3.05, 3.63) is 65.7 Å². The van der Waals surface area contributed by atoms with Crippen LogP contribution in [-0.2, 0) is 5.54 Å². The number of nitrogens with zero attached hydrogens (tertiary/aromatic N) is 4. The highest BCUT2D eigenvalue weighted by molar-refractivity contribution is 5.52. The molecule has 2 aromatic rings. The maximum Gasteiger partial charge on any atom is 0.187 e. The summed E-state index contributed by atoms with van der Waals surface area (Å²) in [6.07, 6.45) is 5.73. The van der Waals surface area contributed by atoms with Gasteiger partial charge in [-0.15, -0.1) is 0 Å². The normalized spacial score (nSPS) is 30.9. The van der Waals surface area contributed by atoms with Crippen molar-refractivity contribution in [2.24, 2.45) is 0 Å². The van der Waals surface area contributed by atoms with E-state index in [-0.39, 0.29) is 11.1 Å². The Morgan fingerprint density at radius 2 is 1.62 bits per heavy atom. The first-order chi connectivity index (χ1) is 16.3. The van der Waals surface area contributed by atoms with Gasteiger partial charge in [-0.05, 0) is 88.9 Å². The second-order valence-electron chi connectivity index (χ2n) is 10.9. The first-order valence-electron chi connectivity index (χ1n) is 12.5. The average Bonchev–Trinajstić information content (AvgIpc) is 3.10. The van der Waals surface area contributed by atoms with Crippen LogP contribution in [0.25, 0.3) is 0 Å². The predicted octanol–water partition coefficient (Wildman–Crippen LogP) is 3.64. The molecule has 1 aliphatic heterocycles. The third kappa shape index (κ3) is 3.81. The molecule has 34 heavy (non-hydrogen) atoms.